The molecular formula is C24H29N3O7. The van der Waals surface area contributed by atoms with Crippen LogP contribution < -0.4 is 11.1 Å². The highest BCUT2D eigenvalue weighted by molar-refractivity contribution is 6.25. The van der Waals surface area contributed by atoms with Crippen LogP contribution in [0.3, 0.4) is 0 Å². The molecule has 4 rings (SSSR count). The molecule has 0 radical (unpaired) electrons. The molecule has 1 aromatic rings. The number of nitrogens with one attached hydrogen (secondary N) is 1. The van der Waals surface area contributed by atoms with Crippen LogP contribution in [0.2, 0.25) is 0 Å². The van der Waals surface area contributed by atoms with Gasteiger partial charge in [0.1, 0.15) is 28.4 Å². The number of carbonyl (C=O) groups is 3. The highest BCUT2D eigenvalue weighted by atomic mass is 16.5. The van der Waals surface area contributed by atoms with Gasteiger partial charge in [0.15, 0.2) is 11.6 Å². The van der Waals surface area contributed by atoms with E-state index in [2.05, 4.69) is 5.32 Å². The largest absolute Gasteiger partial charge is 0.510 e. The molecule has 0 fully saturated rings. The summed E-state index contributed by atoms with van der Waals surface area (Å²) in [5.41, 5.74) is 3.41. The first kappa shape index (κ1) is 23.9. The minimum Gasteiger partial charge on any atom is -0.510 e. The Bertz CT molecular complexity index is 1170. The number of primary amides is 1. The number of phenolic OH excluding ortho intramolecular Hbond substituents is 1. The van der Waals surface area contributed by atoms with Crippen molar-refractivity contribution >= 4 is 17.5 Å². The van der Waals surface area contributed by atoms with Crippen LogP contribution in [0.5, 0.6) is 5.75 Å². The quantitative estimate of drug-likeness (QED) is 0.394. The van der Waals surface area contributed by atoms with E-state index in [9.17, 15) is 29.7 Å². The lowest BCUT2D eigenvalue weighted by Gasteiger charge is -2.56. The molecule has 0 saturated carbocycles. The molecule has 0 bridgehead atoms. The van der Waals surface area contributed by atoms with Crippen molar-refractivity contribution in [1.82, 2.24) is 10.2 Å². The Hall–Kier alpha value is -3.21. The van der Waals surface area contributed by atoms with Crippen LogP contribution >= 0.6 is 0 Å². The first-order valence-electron chi connectivity index (χ1n) is 10.9. The van der Waals surface area contributed by atoms with Crippen LogP contribution in [0.1, 0.15) is 28.8 Å². The van der Waals surface area contributed by atoms with Gasteiger partial charge in [0.2, 0.25) is 0 Å². The number of nitrogens with zero attached hydrogens (tertiary/aromatic N) is 1. The van der Waals surface area contributed by atoms with Crippen molar-refractivity contribution in [3.63, 3.8) is 0 Å². The Labute approximate surface area is 196 Å². The fourth-order valence-electron chi connectivity index (χ4n) is 6.27. The van der Waals surface area contributed by atoms with Crippen molar-refractivity contribution in [1.29, 1.82) is 0 Å². The molecule has 1 aromatic carbocycles. The molecule has 182 valence electrons. The Morgan fingerprint density at radius 1 is 1.21 bits per heavy atom. The van der Waals surface area contributed by atoms with Crippen LogP contribution in [0.15, 0.2) is 40.9 Å². The maximum atomic E-state index is 13.8. The zero-order valence-electron chi connectivity index (χ0n) is 19.6. The molecule has 3 aliphatic rings. The third kappa shape index (κ3) is 2.76. The Morgan fingerprint density at radius 3 is 2.38 bits per heavy atom. The van der Waals surface area contributed by atoms with Crippen molar-refractivity contribution < 1.29 is 34.4 Å². The van der Waals surface area contributed by atoms with Gasteiger partial charge in [-0.1, -0.05) is 19.1 Å². The smallest absolute Gasteiger partial charge is 0.255 e. The summed E-state index contributed by atoms with van der Waals surface area (Å²) in [5, 5.41) is 36.0. The van der Waals surface area contributed by atoms with Crippen molar-refractivity contribution in [2.45, 2.75) is 30.5 Å². The second-order valence-corrected chi connectivity index (χ2v) is 9.29. The Kier molecular flexibility index (Phi) is 5.58. The van der Waals surface area contributed by atoms with Gasteiger partial charge in [-0.05, 0) is 38.7 Å². The molecule has 34 heavy (non-hydrogen) atoms. The highest BCUT2D eigenvalue weighted by Gasteiger charge is 2.67. The van der Waals surface area contributed by atoms with E-state index in [0.29, 0.717) is 5.56 Å². The summed E-state index contributed by atoms with van der Waals surface area (Å²) in [6.45, 7) is 1.85. The van der Waals surface area contributed by atoms with Gasteiger partial charge >= 0.3 is 0 Å². The summed E-state index contributed by atoms with van der Waals surface area (Å²) in [5.74, 6) is -6.06. The van der Waals surface area contributed by atoms with Crippen LogP contribution in [0, 0.1) is 11.8 Å². The number of methoxy groups -OCH3 is 1. The van der Waals surface area contributed by atoms with Gasteiger partial charge in [0.25, 0.3) is 5.91 Å². The van der Waals surface area contributed by atoms with Gasteiger partial charge in [-0.25, -0.2) is 0 Å². The van der Waals surface area contributed by atoms with E-state index >= 15 is 0 Å². The summed E-state index contributed by atoms with van der Waals surface area (Å²) in [6, 6.07) is 3.80. The third-order valence-electron chi connectivity index (χ3n) is 7.68. The number of aliphatic hydroxyl groups is 2. The van der Waals surface area contributed by atoms with Crippen molar-refractivity contribution in [2.24, 2.45) is 17.6 Å². The predicted molar refractivity (Wildman–Crippen MR) is 121 cm³/mol. The number of hydrogen-bond acceptors (Lipinski definition) is 9. The lowest BCUT2D eigenvalue weighted by atomic mass is 9.54. The Morgan fingerprint density at radius 2 is 1.85 bits per heavy atom. The van der Waals surface area contributed by atoms with Gasteiger partial charge in [-0.2, -0.15) is 0 Å². The topological polar surface area (TPSA) is 162 Å². The molecule has 10 heteroatoms. The van der Waals surface area contributed by atoms with E-state index in [1.54, 1.807) is 31.1 Å². The normalized spacial score (nSPS) is 33.1. The Balaban J connectivity index is 2.12. The van der Waals surface area contributed by atoms with Crippen LogP contribution in [0.4, 0.5) is 0 Å². The number of fused-ring (bicyclic) bond motifs is 3. The summed E-state index contributed by atoms with van der Waals surface area (Å²) < 4.78 is 5.91. The molecule has 3 aliphatic carbocycles. The summed E-state index contributed by atoms with van der Waals surface area (Å²) in [6.07, 6.45) is -0.847. The van der Waals surface area contributed by atoms with E-state index in [1.807, 2.05) is 6.92 Å². The van der Waals surface area contributed by atoms with E-state index in [0.717, 1.165) is 0 Å². The summed E-state index contributed by atoms with van der Waals surface area (Å²) in [4.78, 5) is 41.3. The minimum atomic E-state index is -1.98. The van der Waals surface area contributed by atoms with Crippen LogP contribution in [0.25, 0.3) is 0 Å². The fourth-order valence-corrected chi connectivity index (χ4v) is 6.27. The number of Topliss-reactive ketones (excluding diaryl/α,β-unsaturated/α-hetero) is 2. The maximum absolute atomic E-state index is 13.8. The number of aliphatic hydroxyl groups excluding tert-OH is 2. The number of carbonyl (C=O) groups excluding carboxylic acids is 3. The predicted octanol–water partition coefficient (Wildman–Crippen LogP) is 0.534. The first-order chi connectivity index (χ1) is 16.0. The van der Waals surface area contributed by atoms with Crippen molar-refractivity contribution in [3.05, 3.63) is 52.0 Å². The lowest BCUT2D eigenvalue weighted by Crippen LogP contribution is -2.73. The van der Waals surface area contributed by atoms with Crippen LogP contribution in [-0.2, 0) is 14.3 Å². The zero-order chi connectivity index (χ0) is 25.3. The van der Waals surface area contributed by atoms with Crippen molar-refractivity contribution in [3.8, 4) is 5.75 Å². The van der Waals surface area contributed by atoms with Gasteiger partial charge in [0, 0.05) is 24.5 Å². The van der Waals surface area contributed by atoms with Gasteiger partial charge < -0.3 is 31.1 Å². The average molecular weight is 472 g/mol. The zero-order valence-corrected chi connectivity index (χ0v) is 19.6. The number of benzene rings is 1. The lowest BCUT2D eigenvalue weighted by molar-refractivity contribution is -0.138. The van der Waals surface area contributed by atoms with Gasteiger partial charge in [-0.15, -0.1) is 0 Å². The standard InChI is InChI=1S/C24H29N3O7/c1-9-10-7-6-8-11(28)13(10)18(29)14-12(9)20(34-5)16-17(27(3)4)19(30)15(23(25)33)22(32)24(16,26-2)21(14)31/h6-9,12,16-17,20,26,28,30-31H,1-5H3,(H2,25,33)/t9-,12+,16-,17-,20+,24-/m0/s1. The SMILES string of the molecule is CN[C@@]12C(=O)C(C(N)=O)=C(O)[C@@H](N(C)C)[C@H]1[C@H](OC)[C@H]1C(=C2O)C(=O)c2c(O)cccc2[C@@H]1C. The summed E-state index contributed by atoms with van der Waals surface area (Å²) >= 11 is 0. The second kappa shape index (κ2) is 7.93. The molecule has 0 saturated heterocycles. The molecular weight excluding hydrogens is 442 g/mol. The number of likely N-dealkylation sites (N-methyl/N-ethyl adjacent to an activating group) is 2. The monoisotopic (exact) mass is 471 g/mol. The fraction of sp³-hybridized carbons (Fsp3) is 0.458. The molecule has 0 aromatic heterocycles. The summed E-state index contributed by atoms with van der Waals surface area (Å²) in [7, 11) is 6.16. The number of amides is 1. The molecule has 0 spiro atoms. The maximum Gasteiger partial charge on any atom is 0.255 e. The van der Waals surface area contributed by atoms with E-state index in [1.165, 1.54) is 20.2 Å². The van der Waals surface area contributed by atoms with Gasteiger partial charge in [0.05, 0.1) is 17.7 Å². The minimum absolute atomic E-state index is 0.0493. The molecule has 10 nitrogen and oxygen atoms in total. The van der Waals surface area contributed by atoms with Gasteiger partial charge in [-0.3, -0.25) is 19.3 Å². The van der Waals surface area contributed by atoms with E-state index < -0.39 is 70.0 Å². The number of hydrogen-bond donors (Lipinski definition) is 5. The highest BCUT2D eigenvalue weighted by Crippen LogP contribution is 2.56. The van der Waals surface area contributed by atoms with Crippen LogP contribution in [-0.4, -0.2) is 83.6 Å². The first-order valence-corrected chi connectivity index (χ1v) is 10.9. The molecule has 1 amide bonds. The molecule has 6 atom stereocenters. The average Bonchev–Trinajstić information content (AvgIpc) is 2.76. The third-order valence-corrected chi connectivity index (χ3v) is 7.68. The van der Waals surface area contributed by atoms with E-state index in [4.69, 9.17) is 10.5 Å². The number of rotatable bonds is 4. The molecule has 6 N–H and O–H groups in total. The number of ether oxygens (including phenoxy) is 1. The number of phenols is 1. The molecule has 0 heterocycles. The number of aromatic hydroxyl groups is 1. The molecule has 0 unspecified atom stereocenters. The number of ketones is 2. The van der Waals surface area contributed by atoms with E-state index in [-0.39, 0.29) is 16.9 Å². The second-order valence-electron chi connectivity index (χ2n) is 9.29. The molecule has 0 aliphatic heterocycles. The number of nitrogens with two attached hydrogens (primary N) is 1. The van der Waals surface area contributed by atoms with Crippen molar-refractivity contribution in [2.75, 3.05) is 28.3 Å².